The topological polar surface area (TPSA) is 244 Å². The van der Waals surface area contributed by atoms with E-state index in [1.807, 2.05) is 39.0 Å². The average molecular weight is 1090 g/mol. The Hall–Kier alpha value is -5.15. The number of aliphatic hydroxyl groups excluding tert-OH is 2. The van der Waals surface area contributed by atoms with Gasteiger partial charge in [0.1, 0.15) is 30.1 Å². The number of aromatic nitrogens is 3. The van der Waals surface area contributed by atoms with Gasteiger partial charge in [-0.1, -0.05) is 77.1 Å². The molecule has 6 aliphatic rings. The summed E-state index contributed by atoms with van der Waals surface area (Å²) in [6.07, 6.45) is 5.18. The molecule has 0 spiro atoms. The highest BCUT2D eigenvalue weighted by Gasteiger charge is 2.53. The molecule has 0 radical (unpaired) electrons. The number of ketones is 3. The molecular weight excluding hydrogens is 1000 g/mol. The SMILES string of the molecule is CO[C@@H]1C[C@@H]2CC[C@@H](C)[C@@](O)(O2)C(=O)C(=O)N2CCCC[C@H]2C(=O)O[C@H]([C@H](C)C[C@@H]2CC[C@@H](O)[C@H](OC)C2)CC(=O)[C@@H](C)/C=C(\C)[C@H](O)[C@@H](OC)C(=O)[C@H](C)C[C@H](C)C2C=CC(/C=C/1C)n1c(=O)n(-c3ccccc3)c(=O)n12. The maximum absolute atomic E-state index is 14.6. The maximum Gasteiger partial charge on any atom is 0.352 e. The molecule has 1 aromatic carbocycles. The second kappa shape index (κ2) is 26.0. The summed E-state index contributed by atoms with van der Waals surface area (Å²) in [6, 6.07) is 5.89. The molecule has 2 aromatic rings. The van der Waals surface area contributed by atoms with Crippen molar-refractivity contribution in [3.05, 3.63) is 86.8 Å². The first-order valence-electron chi connectivity index (χ1n) is 28.1. The fraction of sp³-hybridized carbons (Fsp3) is 0.678. The van der Waals surface area contributed by atoms with E-state index < -0.39 is 119 Å². The lowest BCUT2D eigenvalue weighted by molar-refractivity contribution is -0.265. The summed E-state index contributed by atoms with van der Waals surface area (Å²) in [5, 5.41) is 34.5. The average Bonchev–Trinajstić information content (AvgIpc) is 3.85. The molecule has 1 saturated carbocycles. The van der Waals surface area contributed by atoms with E-state index in [0.717, 1.165) is 9.47 Å². The molecular formula is C59H84N4O15. The number of para-hydroxylation sites is 1. The predicted octanol–water partition coefficient (Wildman–Crippen LogP) is 5.53. The van der Waals surface area contributed by atoms with Crippen LogP contribution < -0.4 is 11.4 Å². The van der Waals surface area contributed by atoms with E-state index >= 15 is 0 Å². The van der Waals surface area contributed by atoms with Crippen LogP contribution in [0, 0.1) is 35.5 Å². The number of carbonyl (C=O) groups is 5. The quantitative estimate of drug-likeness (QED) is 0.175. The molecule has 3 N–H and O–H groups in total. The van der Waals surface area contributed by atoms with Crippen LogP contribution in [0.4, 0.5) is 0 Å². The number of hydrogen-bond acceptors (Lipinski definition) is 15. The van der Waals surface area contributed by atoms with Gasteiger partial charge in [0.25, 0.3) is 11.7 Å². The smallest absolute Gasteiger partial charge is 0.352 e. The first kappa shape index (κ1) is 60.5. The molecule has 1 aromatic heterocycles. The minimum Gasteiger partial charge on any atom is -0.460 e. The third kappa shape index (κ3) is 12.9. The van der Waals surface area contributed by atoms with Crippen LogP contribution in [0.1, 0.15) is 138 Å². The lowest BCUT2D eigenvalue weighted by atomic mass is 9.78. The van der Waals surface area contributed by atoms with Crippen LogP contribution in [0.15, 0.2) is 75.4 Å². The van der Waals surface area contributed by atoms with Crippen LogP contribution in [-0.2, 0) is 47.7 Å². The highest BCUT2D eigenvalue weighted by molar-refractivity contribution is 6.39. The monoisotopic (exact) mass is 1090 g/mol. The molecule has 78 heavy (non-hydrogen) atoms. The van der Waals surface area contributed by atoms with Crippen LogP contribution in [0.3, 0.4) is 0 Å². The van der Waals surface area contributed by atoms with Crippen molar-refractivity contribution in [2.45, 2.75) is 192 Å². The number of nitrogens with zero attached hydrogens (tertiary/aromatic N) is 4. The van der Waals surface area contributed by atoms with Gasteiger partial charge in [-0.2, -0.15) is 0 Å². The van der Waals surface area contributed by atoms with Gasteiger partial charge in [-0.3, -0.25) is 19.2 Å². The number of hydrogen-bond donors (Lipinski definition) is 3. The van der Waals surface area contributed by atoms with Crippen molar-refractivity contribution in [1.82, 2.24) is 18.8 Å². The number of fused-ring (bicyclic) bond motifs is 15. The highest BCUT2D eigenvalue weighted by Crippen LogP contribution is 2.39. The number of allylic oxidation sites excluding steroid dienone is 4. The Bertz CT molecular complexity index is 2690. The van der Waals surface area contributed by atoms with E-state index in [2.05, 4.69) is 0 Å². The fourth-order valence-corrected chi connectivity index (χ4v) is 12.7. The lowest BCUT2D eigenvalue weighted by Crippen LogP contribution is -2.61. The van der Waals surface area contributed by atoms with Crippen molar-refractivity contribution in [3.8, 4) is 5.69 Å². The zero-order chi connectivity index (χ0) is 56.9. The predicted molar refractivity (Wildman–Crippen MR) is 288 cm³/mol. The van der Waals surface area contributed by atoms with Crippen LogP contribution in [-0.4, -0.2) is 146 Å². The van der Waals surface area contributed by atoms with Gasteiger partial charge in [0.15, 0.2) is 5.78 Å². The number of esters is 1. The zero-order valence-electron chi connectivity index (χ0n) is 47.2. The number of ether oxygens (including phenoxy) is 5. The zero-order valence-corrected chi connectivity index (χ0v) is 47.2. The van der Waals surface area contributed by atoms with Gasteiger partial charge in [0, 0.05) is 58.5 Å². The van der Waals surface area contributed by atoms with E-state index in [1.54, 1.807) is 71.2 Å². The molecule has 3 fully saturated rings. The van der Waals surface area contributed by atoms with Gasteiger partial charge >= 0.3 is 17.3 Å². The Morgan fingerprint density at radius 3 is 2.17 bits per heavy atom. The number of piperidine rings is 1. The molecule has 1 amide bonds. The Morgan fingerprint density at radius 2 is 1.49 bits per heavy atom. The summed E-state index contributed by atoms with van der Waals surface area (Å²) < 4.78 is 33.8. The van der Waals surface area contributed by atoms with E-state index in [4.69, 9.17) is 23.7 Å². The normalized spacial score (nSPS) is 37.2. The lowest BCUT2D eigenvalue weighted by Gasteiger charge is -2.42. The van der Waals surface area contributed by atoms with Crippen molar-refractivity contribution >= 4 is 29.2 Å². The van der Waals surface area contributed by atoms with Crippen LogP contribution in [0.25, 0.3) is 5.69 Å². The molecule has 19 heteroatoms. The van der Waals surface area contributed by atoms with Crippen molar-refractivity contribution in [2.24, 2.45) is 35.5 Å². The van der Waals surface area contributed by atoms with Gasteiger partial charge in [-0.15, -0.1) is 0 Å². The molecule has 19 nitrogen and oxygen atoms in total. The van der Waals surface area contributed by atoms with Crippen LogP contribution >= 0.6 is 0 Å². The molecule has 5 aliphatic heterocycles. The number of rotatable bonds is 7. The molecule has 2 unspecified atom stereocenters. The van der Waals surface area contributed by atoms with Gasteiger partial charge in [0.2, 0.25) is 5.79 Å². The first-order valence-corrected chi connectivity index (χ1v) is 28.1. The minimum atomic E-state index is -2.55. The highest BCUT2D eigenvalue weighted by atomic mass is 16.6. The molecule has 4 bridgehead atoms. The van der Waals surface area contributed by atoms with Gasteiger partial charge in [0.05, 0.1) is 42.2 Å². The number of methoxy groups -OCH3 is 3. The summed E-state index contributed by atoms with van der Waals surface area (Å²) in [5.41, 5.74) is 0.138. The Labute approximate surface area is 457 Å². The third-order valence-electron chi connectivity index (χ3n) is 17.6. The third-order valence-corrected chi connectivity index (χ3v) is 17.6. The van der Waals surface area contributed by atoms with Gasteiger partial charge in [-0.25, -0.2) is 28.3 Å². The van der Waals surface area contributed by atoms with E-state index in [1.165, 1.54) is 23.6 Å². The minimum absolute atomic E-state index is 0.0318. The van der Waals surface area contributed by atoms with Crippen LogP contribution in [0.5, 0.6) is 0 Å². The maximum atomic E-state index is 14.6. The van der Waals surface area contributed by atoms with Crippen molar-refractivity contribution in [2.75, 3.05) is 27.9 Å². The molecule has 8 rings (SSSR count). The van der Waals surface area contributed by atoms with E-state index in [0.29, 0.717) is 68.2 Å². The van der Waals surface area contributed by atoms with E-state index in [9.17, 15) is 48.9 Å². The largest absolute Gasteiger partial charge is 0.460 e. The standard InChI is InChI=1S/C59H84N4O15/c1-33-26-37(5)51(66)53(76-10)52(67)38(6)27-34(2)47(65)32-49(35(3)28-40-20-24-46(64)50(30-40)75-9)77-56(70)45-18-14-15-25-60(45)55(69)54(68)59(73)39(7)19-22-43(78-59)31-48(74-8)36(4)29-42-21-23-44(33)63-58(72)61(57(71)62(42)63)41-16-12-11-13-17-41/h11-13,16-17,21,23,27,29,33-35,37,39-40,42-46,48-50,52-53,64,67,73H,14-15,18-20,22,24-26,28,30-32H2,1-10H3/b36-29+,38-27+/t33-,34-,35+,37+,39+,40-,42?,43-,44?,45-,46+,48+,49-,50+,52-,53-,59+/m0/s1. The first-order chi connectivity index (χ1) is 37.0. The number of benzene rings is 1. The van der Waals surface area contributed by atoms with Crippen LogP contribution in [0.2, 0.25) is 0 Å². The Balaban J connectivity index is 1.26. The van der Waals surface area contributed by atoms with Gasteiger partial charge in [-0.05, 0) is 119 Å². The van der Waals surface area contributed by atoms with Crippen molar-refractivity contribution in [3.63, 3.8) is 0 Å². The number of amides is 1. The molecule has 2 saturated heterocycles. The molecule has 17 atom stereocenters. The Kier molecular flexibility index (Phi) is 20.1. The van der Waals surface area contributed by atoms with Gasteiger partial charge < -0.3 is 43.9 Å². The molecule has 430 valence electrons. The number of Topliss-reactive ketones (excluding diaryl/α,β-unsaturated/α-hetero) is 3. The second-order valence-electron chi connectivity index (χ2n) is 23.1. The summed E-state index contributed by atoms with van der Waals surface area (Å²) >= 11 is 0. The number of aliphatic hydroxyl groups is 3. The fourth-order valence-electron chi connectivity index (χ4n) is 12.7. The summed E-state index contributed by atoms with van der Waals surface area (Å²) in [5.74, 6) is -9.44. The number of carbonyl (C=O) groups excluding carboxylic acids is 5. The van der Waals surface area contributed by atoms with Crippen molar-refractivity contribution in [1.29, 1.82) is 0 Å². The Morgan fingerprint density at radius 1 is 0.782 bits per heavy atom. The van der Waals surface area contributed by atoms with E-state index in [-0.39, 0.29) is 56.0 Å². The summed E-state index contributed by atoms with van der Waals surface area (Å²) in [4.78, 5) is 103. The molecule has 1 aliphatic carbocycles. The second-order valence-corrected chi connectivity index (χ2v) is 23.1. The molecule has 6 heterocycles. The van der Waals surface area contributed by atoms with Crippen molar-refractivity contribution < 1.29 is 63.0 Å². The summed E-state index contributed by atoms with van der Waals surface area (Å²) in [6.45, 7) is 12.2. The summed E-state index contributed by atoms with van der Waals surface area (Å²) in [7, 11) is 4.38.